The second-order valence-corrected chi connectivity index (χ2v) is 9.99. The first-order valence-corrected chi connectivity index (χ1v) is 13.1. The van der Waals surface area contributed by atoms with Crippen molar-refractivity contribution in [2.45, 2.75) is 30.9 Å². The first-order valence-electron chi connectivity index (χ1n) is 11.5. The number of ether oxygens (including phenoxy) is 2. The van der Waals surface area contributed by atoms with Gasteiger partial charge in [-0.1, -0.05) is 48.2 Å². The molecule has 0 spiro atoms. The van der Waals surface area contributed by atoms with E-state index in [1.165, 1.54) is 17.8 Å². The molecule has 192 valence electrons. The fourth-order valence-electron chi connectivity index (χ4n) is 3.71. The highest BCUT2D eigenvalue weighted by atomic mass is 79.9. The molecule has 0 radical (unpaired) electrons. The third-order valence-corrected chi connectivity index (χ3v) is 7.18. The molecule has 4 aromatic rings. The van der Waals surface area contributed by atoms with Gasteiger partial charge in [-0.05, 0) is 65.7 Å². The lowest BCUT2D eigenvalue weighted by Crippen LogP contribution is -2.12. The van der Waals surface area contributed by atoms with Crippen LogP contribution in [0.5, 0.6) is 11.5 Å². The molecule has 37 heavy (non-hydrogen) atoms. The van der Waals surface area contributed by atoms with E-state index in [0.717, 1.165) is 5.69 Å². The van der Waals surface area contributed by atoms with Gasteiger partial charge in [0.2, 0.25) is 6.54 Å². The summed E-state index contributed by atoms with van der Waals surface area (Å²) >= 11 is 4.77. The second-order valence-electron chi connectivity index (χ2n) is 7.97. The van der Waals surface area contributed by atoms with Crippen molar-refractivity contribution in [1.82, 2.24) is 14.8 Å². The van der Waals surface area contributed by atoms with Crippen LogP contribution in [0.3, 0.4) is 0 Å². The number of aryl methyl sites for hydroxylation is 1. The molecule has 0 aliphatic heterocycles. The monoisotopic (exact) mass is 586 g/mol. The molecule has 0 aliphatic carbocycles. The van der Waals surface area contributed by atoms with Gasteiger partial charge < -0.3 is 9.47 Å². The van der Waals surface area contributed by atoms with E-state index < -0.39 is 5.25 Å². The summed E-state index contributed by atoms with van der Waals surface area (Å²) in [5, 5.41) is 20.0. The van der Waals surface area contributed by atoms with E-state index in [0.29, 0.717) is 44.7 Å². The van der Waals surface area contributed by atoms with Crippen molar-refractivity contribution in [3.63, 3.8) is 0 Å². The number of hydrogen-bond donors (Lipinski definition) is 0. The van der Waals surface area contributed by atoms with E-state index in [4.69, 9.17) is 9.47 Å². The minimum absolute atomic E-state index is 0.00275. The van der Waals surface area contributed by atoms with Gasteiger partial charge in [0.15, 0.2) is 16.7 Å². The highest BCUT2D eigenvalue weighted by Crippen LogP contribution is 2.43. The van der Waals surface area contributed by atoms with Crippen LogP contribution in [0, 0.1) is 22.9 Å². The molecule has 0 N–H and O–H groups in total. The van der Waals surface area contributed by atoms with Crippen LogP contribution in [0.2, 0.25) is 0 Å². The standard InChI is InChI=1S/C26H24BrFN4O4S/c1-3-35-23-14-19(13-21(27)25(23)36-16-18-9-7-8-12-22(18)28)24(15-31(33)34)37-26-30-29-17(2)32(26)20-10-5-4-6-11-20/h4-14,24H,3,15-16H2,1-2H3/t24-/m1/s1. The molecule has 0 bridgehead atoms. The topological polar surface area (TPSA) is 92.3 Å². The first-order chi connectivity index (χ1) is 17.9. The molecule has 3 aromatic carbocycles. The molecule has 1 aromatic heterocycles. The van der Waals surface area contributed by atoms with E-state index in [1.54, 1.807) is 30.3 Å². The van der Waals surface area contributed by atoms with Crippen LogP contribution in [0.1, 0.15) is 29.1 Å². The number of hydrogen-bond acceptors (Lipinski definition) is 7. The summed E-state index contributed by atoms with van der Waals surface area (Å²) in [7, 11) is 0. The fraction of sp³-hybridized carbons (Fsp3) is 0.231. The lowest BCUT2D eigenvalue weighted by molar-refractivity contribution is -0.479. The van der Waals surface area contributed by atoms with Crippen LogP contribution in [0.15, 0.2) is 76.4 Å². The van der Waals surface area contributed by atoms with Gasteiger partial charge in [-0.25, -0.2) is 4.39 Å². The minimum Gasteiger partial charge on any atom is -0.490 e. The van der Waals surface area contributed by atoms with Crippen LogP contribution in [-0.2, 0) is 6.61 Å². The summed E-state index contributed by atoms with van der Waals surface area (Å²) in [6.07, 6.45) is 0. The molecule has 1 heterocycles. The normalized spacial score (nSPS) is 11.8. The number of nitrogens with zero attached hydrogens (tertiary/aromatic N) is 4. The zero-order valence-electron chi connectivity index (χ0n) is 20.1. The zero-order chi connectivity index (χ0) is 26.4. The molecule has 0 fully saturated rings. The van der Waals surface area contributed by atoms with Crippen LogP contribution < -0.4 is 9.47 Å². The molecule has 0 unspecified atom stereocenters. The van der Waals surface area contributed by atoms with Crippen molar-refractivity contribution in [1.29, 1.82) is 0 Å². The van der Waals surface area contributed by atoms with Crippen molar-refractivity contribution in [2.75, 3.05) is 13.2 Å². The molecule has 0 amide bonds. The predicted octanol–water partition coefficient (Wildman–Crippen LogP) is 6.57. The Hall–Kier alpha value is -3.44. The smallest absolute Gasteiger partial charge is 0.220 e. The van der Waals surface area contributed by atoms with Gasteiger partial charge in [0.1, 0.15) is 23.5 Å². The molecule has 0 saturated heterocycles. The number of nitro groups is 1. The number of benzene rings is 3. The first kappa shape index (κ1) is 26.6. The van der Waals surface area contributed by atoms with Crippen LogP contribution in [0.4, 0.5) is 4.39 Å². The highest BCUT2D eigenvalue weighted by Gasteiger charge is 2.26. The Morgan fingerprint density at radius 1 is 1.11 bits per heavy atom. The van der Waals surface area contributed by atoms with Crippen molar-refractivity contribution >= 4 is 27.7 Å². The number of thioether (sulfide) groups is 1. The van der Waals surface area contributed by atoms with Crippen molar-refractivity contribution in [2.24, 2.45) is 0 Å². The molecule has 4 rings (SSSR count). The Bertz CT molecular complexity index is 1390. The maximum Gasteiger partial charge on any atom is 0.220 e. The van der Waals surface area contributed by atoms with Crippen LogP contribution >= 0.6 is 27.7 Å². The van der Waals surface area contributed by atoms with Gasteiger partial charge in [0.25, 0.3) is 0 Å². The Morgan fingerprint density at radius 3 is 2.54 bits per heavy atom. The van der Waals surface area contributed by atoms with Gasteiger partial charge in [-0.15, -0.1) is 10.2 Å². The Kier molecular flexibility index (Phi) is 8.78. The Balaban J connectivity index is 1.67. The summed E-state index contributed by atoms with van der Waals surface area (Å²) in [5.41, 5.74) is 1.91. The van der Waals surface area contributed by atoms with Gasteiger partial charge in [0.05, 0.1) is 11.1 Å². The summed E-state index contributed by atoms with van der Waals surface area (Å²) in [6.45, 7) is 3.66. The van der Waals surface area contributed by atoms with E-state index in [1.807, 2.05) is 48.7 Å². The summed E-state index contributed by atoms with van der Waals surface area (Å²) in [5.74, 6) is 1.09. The van der Waals surface area contributed by atoms with E-state index in [9.17, 15) is 14.5 Å². The Morgan fingerprint density at radius 2 is 1.84 bits per heavy atom. The van der Waals surface area contributed by atoms with Gasteiger partial charge in [-0.3, -0.25) is 14.7 Å². The number of para-hydroxylation sites is 1. The van der Waals surface area contributed by atoms with Crippen LogP contribution in [-0.4, -0.2) is 32.8 Å². The molecule has 1 atom stereocenters. The van der Waals surface area contributed by atoms with Crippen molar-refractivity contribution < 1.29 is 18.8 Å². The fourth-order valence-corrected chi connectivity index (χ4v) is 5.44. The van der Waals surface area contributed by atoms with E-state index in [2.05, 4.69) is 26.1 Å². The quantitative estimate of drug-likeness (QED) is 0.111. The van der Waals surface area contributed by atoms with Gasteiger partial charge in [-0.2, -0.15) is 0 Å². The number of rotatable bonds is 11. The predicted molar refractivity (Wildman–Crippen MR) is 143 cm³/mol. The molecule has 0 saturated carbocycles. The zero-order valence-corrected chi connectivity index (χ0v) is 22.5. The third kappa shape index (κ3) is 6.47. The summed E-state index contributed by atoms with van der Waals surface area (Å²) < 4.78 is 28.2. The number of halogens is 2. The highest BCUT2D eigenvalue weighted by molar-refractivity contribution is 9.10. The average Bonchev–Trinajstić information content (AvgIpc) is 3.24. The van der Waals surface area contributed by atoms with Gasteiger partial charge in [0, 0.05) is 16.2 Å². The lowest BCUT2D eigenvalue weighted by atomic mass is 10.1. The average molecular weight is 587 g/mol. The van der Waals surface area contributed by atoms with Gasteiger partial charge >= 0.3 is 0 Å². The molecular weight excluding hydrogens is 563 g/mol. The maximum absolute atomic E-state index is 14.1. The van der Waals surface area contributed by atoms with Crippen molar-refractivity contribution in [3.05, 3.63) is 104 Å². The van der Waals surface area contributed by atoms with Crippen LogP contribution in [0.25, 0.3) is 5.69 Å². The molecule has 8 nitrogen and oxygen atoms in total. The van der Waals surface area contributed by atoms with E-state index in [-0.39, 0.29) is 23.9 Å². The molecule has 11 heteroatoms. The lowest BCUT2D eigenvalue weighted by Gasteiger charge is -2.19. The Labute approximate surface area is 226 Å². The summed E-state index contributed by atoms with van der Waals surface area (Å²) in [4.78, 5) is 11.3. The molecule has 0 aliphatic rings. The minimum atomic E-state index is -0.600. The van der Waals surface area contributed by atoms with E-state index >= 15 is 0 Å². The third-order valence-electron chi connectivity index (χ3n) is 5.41. The largest absolute Gasteiger partial charge is 0.490 e. The van der Waals surface area contributed by atoms with Crippen molar-refractivity contribution in [3.8, 4) is 17.2 Å². The number of aromatic nitrogens is 3. The summed E-state index contributed by atoms with van der Waals surface area (Å²) in [6, 6.07) is 19.4. The maximum atomic E-state index is 14.1. The molecular formula is C26H24BrFN4O4S. The SMILES string of the molecule is CCOc1cc([C@@H](C[N+](=O)[O-])Sc2nnc(C)n2-c2ccccc2)cc(Br)c1OCc1ccccc1F. The second kappa shape index (κ2) is 12.2.